The normalized spacial score (nSPS) is 13.8. The highest BCUT2D eigenvalue weighted by Crippen LogP contribution is 2.36. The molecule has 2 rings (SSSR count). The van der Waals surface area contributed by atoms with Crippen LogP contribution in [0.5, 0.6) is 11.5 Å². The number of benzene rings is 2. The molecule has 154 valence electrons. The molecule has 0 saturated carbocycles. The molecule has 0 saturated heterocycles. The third kappa shape index (κ3) is 6.03. The molecule has 3 N–H and O–H groups in total. The first kappa shape index (κ1) is 22.8. The maximum absolute atomic E-state index is 9.53. The summed E-state index contributed by atoms with van der Waals surface area (Å²) < 4.78 is 11.0. The lowest BCUT2D eigenvalue weighted by atomic mass is 9.78. The van der Waals surface area contributed by atoms with Crippen LogP contribution in [0.1, 0.15) is 25.0 Å². The molecule has 2 atom stereocenters. The van der Waals surface area contributed by atoms with Gasteiger partial charge in [-0.1, -0.05) is 32.0 Å². The van der Waals surface area contributed by atoms with E-state index in [9.17, 15) is 10.2 Å². The van der Waals surface area contributed by atoms with Crippen molar-refractivity contribution in [3.8, 4) is 11.5 Å². The van der Waals surface area contributed by atoms with Crippen molar-refractivity contribution in [1.29, 1.82) is 0 Å². The zero-order valence-corrected chi connectivity index (χ0v) is 17.7. The van der Waals surface area contributed by atoms with E-state index in [4.69, 9.17) is 26.2 Å². The average Bonchev–Trinajstić information content (AvgIpc) is 2.70. The van der Waals surface area contributed by atoms with Gasteiger partial charge in [-0.25, -0.2) is 0 Å². The van der Waals surface area contributed by atoms with Crippen LogP contribution in [0.3, 0.4) is 0 Å². The van der Waals surface area contributed by atoms with Gasteiger partial charge in [-0.2, -0.15) is 0 Å². The predicted octanol–water partition coefficient (Wildman–Crippen LogP) is 3.01. The summed E-state index contributed by atoms with van der Waals surface area (Å²) in [6.07, 6.45) is -1.61. The minimum Gasteiger partial charge on any atom is -0.491 e. The zero-order valence-electron chi connectivity index (χ0n) is 16.0. The summed E-state index contributed by atoms with van der Waals surface area (Å²) in [7, 11) is 0. The minimum atomic E-state index is -0.892. The van der Waals surface area contributed by atoms with E-state index in [2.05, 4.69) is 26.5 Å². The third-order valence-electron chi connectivity index (χ3n) is 4.52. The van der Waals surface area contributed by atoms with Gasteiger partial charge in [-0.3, -0.25) is 0 Å². The van der Waals surface area contributed by atoms with Gasteiger partial charge in [0.05, 0.1) is 12.5 Å². The van der Waals surface area contributed by atoms with E-state index in [1.807, 2.05) is 42.5 Å². The monoisotopic (exact) mass is 426 g/mol. The second-order valence-corrected chi connectivity index (χ2v) is 7.89. The van der Waals surface area contributed by atoms with Crippen molar-refractivity contribution < 1.29 is 24.8 Å². The van der Waals surface area contributed by atoms with E-state index in [1.165, 1.54) is 0 Å². The Morgan fingerprint density at radius 2 is 1.57 bits per heavy atom. The number of ether oxygens (including phenoxy) is 2. The summed E-state index contributed by atoms with van der Waals surface area (Å²) in [5.74, 6) is 1.34. The van der Waals surface area contributed by atoms with Crippen molar-refractivity contribution in [2.75, 3.05) is 25.7 Å². The second-order valence-electron chi connectivity index (χ2n) is 7.10. The molecular weight excluding hydrogens is 400 g/mol. The first-order chi connectivity index (χ1) is 13.3. The number of aliphatic hydroxyl groups excluding tert-OH is 3. The van der Waals surface area contributed by atoms with E-state index in [-0.39, 0.29) is 31.1 Å². The van der Waals surface area contributed by atoms with Gasteiger partial charge in [0.1, 0.15) is 36.9 Å². The first-order valence-electron chi connectivity index (χ1n) is 9.00. The van der Waals surface area contributed by atoms with Crippen molar-refractivity contribution >= 4 is 24.2 Å². The average molecular weight is 427 g/mol. The zero-order chi connectivity index (χ0) is 20.7. The van der Waals surface area contributed by atoms with Crippen molar-refractivity contribution in [2.24, 2.45) is 0 Å². The van der Waals surface area contributed by atoms with Gasteiger partial charge in [0, 0.05) is 10.3 Å². The molecule has 28 heavy (non-hydrogen) atoms. The number of hydrogen-bond acceptors (Lipinski definition) is 6. The fraction of sp³-hybridized carbons (Fsp3) is 0.429. The molecule has 0 aliphatic carbocycles. The summed E-state index contributed by atoms with van der Waals surface area (Å²) >= 11 is 10.1. The van der Waals surface area contributed by atoms with Gasteiger partial charge >= 0.3 is 0 Å². The van der Waals surface area contributed by atoms with Crippen LogP contribution in [0.15, 0.2) is 47.4 Å². The van der Waals surface area contributed by atoms with Crippen LogP contribution in [0, 0.1) is 0 Å². The minimum absolute atomic E-state index is 0.0438. The SMILES string of the molecule is CC(C)(c1ccc(OCC(O)CO)cc1)c1ccc(OCC(O)CCl)c(S)c1. The summed E-state index contributed by atoms with van der Waals surface area (Å²) in [6, 6.07) is 13.4. The van der Waals surface area contributed by atoms with Gasteiger partial charge < -0.3 is 24.8 Å². The number of thiol groups is 1. The molecule has 5 nitrogen and oxygen atoms in total. The lowest BCUT2D eigenvalue weighted by Crippen LogP contribution is -2.21. The Balaban J connectivity index is 2.11. The smallest absolute Gasteiger partial charge is 0.132 e. The van der Waals surface area contributed by atoms with Crippen LogP contribution in [0.2, 0.25) is 0 Å². The van der Waals surface area contributed by atoms with E-state index in [0.717, 1.165) is 11.1 Å². The molecule has 0 aliphatic rings. The van der Waals surface area contributed by atoms with Crippen molar-refractivity contribution in [1.82, 2.24) is 0 Å². The maximum atomic E-state index is 9.53. The van der Waals surface area contributed by atoms with Crippen molar-refractivity contribution in [3.05, 3.63) is 53.6 Å². The van der Waals surface area contributed by atoms with Gasteiger partial charge in [0.2, 0.25) is 0 Å². The lowest BCUT2D eigenvalue weighted by molar-refractivity contribution is 0.0536. The van der Waals surface area contributed by atoms with Gasteiger partial charge in [0.25, 0.3) is 0 Å². The molecule has 0 amide bonds. The molecule has 2 unspecified atom stereocenters. The summed E-state index contributed by atoms with van der Waals surface area (Å²) in [5, 5.41) is 27.7. The maximum Gasteiger partial charge on any atom is 0.132 e. The molecule has 0 bridgehead atoms. The van der Waals surface area contributed by atoms with E-state index >= 15 is 0 Å². The molecule has 0 heterocycles. The highest BCUT2D eigenvalue weighted by molar-refractivity contribution is 7.80. The van der Waals surface area contributed by atoms with Crippen molar-refractivity contribution in [2.45, 2.75) is 36.4 Å². The fourth-order valence-electron chi connectivity index (χ4n) is 2.64. The first-order valence-corrected chi connectivity index (χ1v) is 9.98. The molecule has 2 aromatic carbocycles. The largest absolute Gasteiger partial charge is 0.491 e. The van der Waals surface area contributed by atoms with Crippen LogP contribution in [-0.2, 0) is 5.41 Å². The van der Waals surface area contributed by atoms with Crippen LogP contribution < -0.4 is 9.47 Å². The predicted molar refractivity (Wildman–Crippen MR) is 113 cm³/mol. The van der Waals surface area contributed by atoms with Crippen LogP contribution >= 0.6 is 24.2 Å². The Labute approximate surface area is 176 Å². The second kappa shape index (κ2) is 10.4. The number of hydrogen-bond donors (Lipinski definition) is 4. The molecule has 0 aliphatic heterocycles. The van der Waals surface area contributed by atoms with Crippen LogP contribution in [-0.4, -0.2) is 53.2 Å². The van der Waals surface area contributed by atoms with E-state index in [1.54, 1.807) is 0 Å². The Hall–Kier alpha value is -1.44. The number of alkyl halides is 1. The number of rotatable bonds is 10. The van der Waals surface area contributed by atoms with Crippen LogP contribution in [0.25, 0.3) is 0 Å². The fourth-order valence-corrected chi connectivity index (χ4v) is 3.01. The Morgan fingerprint density at radius 3 is 2.14 bits per heavy atom. The van der Waals surface area contributed by atoms with Gasteiger partial charge in [-0.05, 0) is 35.4 Å². The van der Waals surface area contributed by atoms with Crippen LogP contribution in [0.4, 0.5) is 0 Å². The Kier molecular flexibility index (Phi) is 8.46. The number of aliphatic hydroxyl groups is 3. The lowest BCUT2D eigenvalue weighted by Gasteiger charge is -2.27. The third-order valence-corrected chi connectivity index (χ3v) is 5.22. The topological polar surface area (TPSA) is 79.2 Å². The van der Waals surface area contributed by atoms with Crippen molar-refractivity contribution in [3.63, 3.8) is 0 Å². The summed E-state index contributed by atoms with van der Waals surface area (Å²) in [5.41, 5.74) is 1.86. The summed E-state index contributed by atoms with van der Waals surface area (Å²) in [4.78, 5) is 0.685. The van der Waals surface area contributed by atoms with Gasteiger partial charge in [0.15, 0.2) is 0 Å². The quantitative estimate of drug-likeness (QED) is 0.347. The van der Waals surface area contributed by atoms with Gasteiger partial charge in [-0.15, -0.1) is 24.2 Å². The molecule has 0 spiro atoms. The number of halogens is 1. The molecule has 0 aromatic heterocycles. The molecule has 0 radical (unpaired) electrons. The highest BCUT2D eigenvalue weighted by Gasteiger charge is 2.24. The Morgan fingerprint density at radius 1 is 0.964 bits per heavy atom. The Bertz CT molecular complexity index is 751. The van der Waals surface area contributed by atoms with E-state index < -0.39 is 12.2 Å². The van der Waals surface area contributed by atoms with E-state index in [0.29, 0.717) is 16.4 Å². The molecular formula is C21H27ClO5S. The summed E-state index contributed by atoms with van der Waals surface area (Å²) in [6.45, 7) is 4.05. The highest BCUT2D eigenvalue weighted by atomic mass is 35.5. The molecule has 2 aromatic rings. The molecule has 7 heteroatoms. The standard InChI is InChI=1S/C21H27ClO5S/c1-21(2,14-3-6-18(7-4-14)26-13-17(25)11-23)15-5-8-19(20(28)9-15)27-12-16(24)10-22/h3-9,16-17,23-25,28H,10-13H2,1-2H3. The molecule has 0 fully saturated rings.